The third-order valence-corrected chi connectivity index (χ3v) is 3.52. The van der Waals surface area contributed by atoms with E-state index < -0.39 is 0 Å². The molecule has 0 aliphatic heterocycles. The molecule has 1 aliphatic rings. The van der Waals surface area contributed by atoms with Gasteiger partial charge in [-0.1, -0.05) is 18.9 Å². The summed E-state index contributed by atoms with van der Waals surface area (Å²) in [5.41, 5.74) is 6.74. The Morgan fingerprint density at radius 3 is 2.95 bits per heavy atom. The van der Waals surface area contributed by atoms with Gasteiger partial charge >= 0.3 is 0 Å². The van der Waals surface area contributed by atoms with Crippen molar-refractivity contribution < 1.29 is 9.84 Å². The summed E-state index contributed by atoms with van der Waals surface area (Å²) in [5.74, 6) is 0.650. The predicted octanol–water partition coefficient (Wildman–Crippen LogP) is 2.48. The van der Waals surface area contributed by atoms with Crippen molar-refractivity contribution in [1.29, 1.82) is 0 Å². The normalized spacial score (nSPS) is 23.7. The number of hydrogen-bond donors (Lipinski definition) is 2. The second kappa shape index (κ2) is 6.57. The van der Waals surface area contributed by atoms with E-state index in [0.717, 1.165) is 12.8 Å². The van der Waals surface area contributed by atoms with Crippen molar-refractivity contribution in [2.24, 2.45) is 10.7 Å². The van der Waals surface area contributed by atoms with Gasteiger partial charge < -0.3 is 15.6 Å². The third-order valence-electron chi connectivity index (χ3n) is 3.52. The average molecular weight is 262 g/mol. The minimum Gasteiger partial charge on any atom is -0.504 e. The molecule has 0 spiro atoms. The number of aliphatic imine (C=N–C) groups is 1. The highest BCUT2D eigenvalue weighted by Crippen LogP contribution is 2.29. The lowest BCUT2D eigenvalue weighted by atomic mass is 9.91. The standard InChI is InChI=1S/C15H22N2O2/c1-2-19-14-9-5-6-11(15(14)18)10-17-13-8-4-3-7-12(13)16/h5-6,9-10,12-13,18H,2-4,7-8,16H2,1H3. The van der Waals surface area contributed by atoms with Crippen LogP contribution >= 0.6 is 0 Å². The molecule has 0 amide bonds. The van der Waals surface area contributed by atoms with E-state index in [1.807, 2.05) is 19.1 Å². The summed E-state index contributed by atoms with van der Waals surface area (Å²) in [6, 6.07) is 5.75. The molecule has 0 saturated heterocycles. The summed E-state index contributed by atoms with van der Waals surface area (Å²) >= 11 is 0. The van der Waals surface area contributed by atoms with Gasteiger partial charge in [0.2, 0.25) is 0 Å². The molecule has 104 valence electrons. The Hall–Kier alpha value is -1.55. The van der Waals surface area contributed by atoms with E-state index >= 15 is 0 Å². The van der Waals surface area contributed by atoms with Gasteiger partial charge in [-0.2, -0.15) is 0 Å². The minimum atomic E-state index is 0.141. The molecule has 0 heterocycles. The number of benzene rings is 1. The van der Waals surface area contributed by atoms with Gasteiger partial charge in [-0.05, 0) is 31.9 Å². The first-order chi connectivity index (χ1) is 9.22. The van der Waals surface area contributed by atoms with E-state index in [2.05, 4.69) is 4.99 Å². The number of phenols is 1. The minimum absolute atomic E-state index is 0.141. The lowest BCUT2D eigenvalue weighted by molar-refractivity contribution is 0.318. The van der Waals surface area contributed by atoms with Crippen LogP contribution in [0.4, 0.5) is 0 Å². The fourth-order valence-corrected chi connectivity index (χ4v) is 2.42. The Morgan fingerprint density at radius 2 is 2.21 bits per heavy atom. The topological polar surface area (TPSA) is 67.8 Å². The monoisotopic (exact) mass is 262 g/mol. The summed E-state index contributed by atoms with van der Waals surface area (Å²) < 4.78 is 5.35. The summed E-state index contributed by atoms with van der Waals surface area (Å²) in [6.07, 6.45) is 6.16. The van der Waals surface area contributed by atoms with Gasteiger partial charge in [0, 0.05) is 17.8 Å². The highest BCUT2D eigenvalue weighted by molar-refractivity contribution is 5.84. The zero-order valence-corrected chi connectivity index (χ0v) is 11.4. The molecule has 2 unspecified atom stereocenters. The lowest BCUT2D eigenvalue weighted by Crippen LogP contribution is -2.36. The van der Waals surface area contributed by atoms with E-state index in [1.165, 1.54) is 12.8 Å². The highest BCUT2D eigenvalue weighted by Gasteiger charge is 2.20. The second-order valence-corrected chi connectivity index (χ2v) is 4.92. The smallest absolute Gasteiger partial charge is 0.166 e. The summed E-state index contributed by atoms with van der Waals surface area (Å²) in [4.78, 5) is 4.53. The molecule has 0 radical (unpaired) electrons. The number of ether oxygens (including phenoxy) is 1. The van der Waals surface area contributed by atoms with Gasteiger partial charge in [0.25, 0.3) is 0 Å². The van der Waals surface area contributed by atoms with E-state index in [0.29, 0.717) is 17.9 Å². The summed E-state index contributed by atoms with van der Waals surface area (Å²) in [7, 11) is 0. The molecule has 1 aliphatic carbocycles. The molecule has 1 saturated carbocycles. The van der Waals surface area contributed by atoms with Crippen LogP contribution in [0.25, 0.3) is 0 Å². The van der Waals surface area contributed by atoms with Gasteiger partial charge in [-0.25, -0.2) is 0 Å². The fourth-order valence-electron chi connectivity index (χ4n) is 2.42. The molecular weight excluding hydrogens is 240 g/mol. The van der Waals surface area contributed by atoms with Crippen molar-refractivity contribution in [3.63, 3.8) is 0 Å². The van der Waals surface area contributed by atoms with E-state index in [4.69, 9.17) is 10.5 Å². The largest absolute Gasteiger partial charge is 0.504 e. The number of nitrogens with two attached hydrogens (primary N) is 1. The van der Waals surface area contributed by atoms with Crippen molar-refractivity contribution in [3.05, 3.63) is 23.8 Å². The quantitative estimate of drug-likeness (QED) is 0.819. The van der Waals surface area contributed by atoms with E-state index in [9.17, 15) is 5.11 Å². The Bertz CT molecular complexity index is 446. The molecule has 4 nitrogen and oxygen atoms in total. The molecule has 4 heteroatoms. The van der Waals surface area contributed by atoms with E-state index in [-0.39, 0.29) is 17.8 Å². The molecule has 1 fully saturated rings. The number of para-hydroxylation sites is 1. The number of nitrogens with zero attached hydrogens (tertiary/aromatic N) is 1. The van der Waals surface area contributed by atoms with Crippen molar-refractivity contribution in [3.8, 4) is 11.5 Å². The molecule has 19 heavy (non-hydrogen) atoms. The van der Waals surface area contributed by atoms with Crippen molar-refractivity contribution >= 4 is 6.21 Å². The van der Waals surface area contributed by atoms with Crippen LogP contribution in [0.2, 0.25) is 0 Å². The third kappa shape index (κ3) is 3.47. The van der Waals surface area contributed by atoms with E-state index in [1.54, 1.807) is 12.3 Å². The number of rotatable bonds is 4. The Balaban J connectivity index is 2.11. The highest BCUT2D eigenvalue weighted by atomic mass is 16.5. The van der Waals surface area contributed by atoms with Crippen LogP contribution in [0.15, 0.2) is 23.2 Å². The van der Waals surface area contributed by atoms with Gasteiger partial charge in [0.15, 0.2) is 11.5 Å². The maximum atomic E-state index is 10.1. The van der Waals surface area contributed by atoms with Crippen LogP contribution < -0.4 is 10.5 Å². The second-order valence-electron chi connectivity index (χ2n) is 4.92. The summed E-state index contributed by atoms with van der Waals surface area (Å²) in [6.45, 7) is 2.42. The van der Waals surface area contributed by atoms with Crippen LogP contribution in [-0.4, -0.2) is 30.0 Å². The maximum Gasteiger partial charge on any atom is 0.166 e. The van der Waals surface area contributed by atoms with Crippen molar-refractivity contribution in [2.45, 2.75) is 44.7 Å². The first-order valence-electron chi connectivity index (χ1n) is 6.96. The first kappa shape index (κ1) is 13.9. The van der Waals surface area contributed by atoms with Crippen LogP contribution in [0.1, 0.15) is 38.2 Å². The number of hydrogen-bond acceptors (Lipinski definition) is 4. The van der Waals surface area contributed by atoms with Crippen LogP contribution in [0.5, 0.6) is 11.5 Å². The zero-order chi connectivity index (χ0) is 13.7. The van der Waals surface area contributed by atoms with Gasteiger partial charge in [0.05, 0.1) is 12.6 Å². The van der Waals surface area contributed by atoms with Gasteiger partial charge in [0.1, 0.15) is 0 Å². The molecule has 0 aromatic heterocycles. The molecule has 3 N–H and O–H groups in total. The van der Waals surface area contributed by atoms with Crippen molar-refractivity contribution in [2.75, 3.05) is 6.61 Å². The van der Waals surface area contributed by atoms with Crippen LogP contribution in [-0.2, 0) is 0 Å². The molecule has 1 aromatic carbocycles. The maximum absolute atomic E-state index is 10.1. The number of phenolic OH excluding ortho intramolecular Hbond substituents is 1. The average Bonchev–Trinajstić information content (AvgIpc) is 2.42. The Morgan fingerprint density at radius 1 is 1.42 bits per heavy atom. The summed E-state index contributed by atoms with van der Waals surface area (Å²) in [5, 5.41) is 10.1. The van der Waals surface area contributed by atoms with Crippen LogP contribution in [0, 0.1) is 0 Å². The SMILES string of the molecule is CCOc1cccc(C=NC2CCCCC2N)c1O. The van der Waals surface area contributed by atoms with Gasteiger partial charge in [-0.3, -0.25) is 4.99 Å². The Kier molecular flexibility index (Phi) is 4.80. The first-order valence-corrected chi connectivity index (χ1v) is 6.96. The molecule has 2 atom stereocenters. The number of aromatic hydroxyl groups is 1. The molecule has 2 rings (SSSR count). The van der Waals surface area contributed by atoms with Crippen LogP contribution in [0.3, 0.4) is 0 Å². The lowest BCUT2D eigenvalue weighted by Gasteiger charge is -2.25. The predicted molar refractivity (Wildman–Crippen MR) is 77.1 cm³/mol. The fraction of sp³-hybridized carbons (Fsp3) is 0.533. The zero-order valence-electron chi connectivity index (χ0n) is 11.4. The Labute approximate surface area is 114 Å². The molecular formula is C15H22N2O2. The molecule has 0 bridgehead atoms. The van der Waals surface area contributed by atoms with Gasteiger partial charge in [-0.15, -0.1) is 0 Å². The molecule has 1 aromatic rings. The van der Waals surface area contributed by atoms with Crippen molar-refractivity contribution in [1.82, 2.24) is 0 Å².